The summed E-state index contributed by atoms with van der Waals surface area (Å²) in [6.07, 6.45) is 0. The first kappa shape index (κ1) is 29.4. The highest BCUT2D eigenvalue weighted by atomic mass is 79.9. The molecule has 5 aromatic rings. The maximum atomic E-state index is 13.0. The van der Waals surface area contributed by atoms with Gasteiger partial charge >= 0.3 is 0 Å². The van der Waals surface area contributed by atoms with E-state index in [0.717, 1.165) is 31.2 Å². The standard InChI is InChI=1S/C36H23Br2N3O2/c37-30-13-5-24(6-14-30)1-3-26-9-17-33(18-10-26)40-35(42)28-21-29(23-32(39)22-28)36(43)41-34-19-11-27(12-20-34)4-2-25-7-15-31(38)16-8-25/h5-23H,39H2,(H,40,42)(H,41,43). The Morgan fingerprint density at radius 1 is 0.488 bits per heavy atom. The zero-order valence-electron chi connectivity index (χ0n) is 22.6. The van der Waals surface area contributed by atoms with Crippen LogP contribution in [-0.2, 0) is 0 Å². The number of anilines is 3. The molecule has 7 heteroatoms. The van der Waals surface area contributed by atoms with Gasteiger partial charge < -0.3 is 16.4 Å². The van der Waals surface area contributed by atoms with Gasteiger partial charge in [-0.3, -0.25) is 9.59 Å². The molecule has 208 valence electrons. The highest BCUT2D eigenvalue weighted by molar-refractivity contribution is 9.10. The van der Waals surface area contributed by atoms with Gasteiger partial charge in [-0.15, -0.1) is 0 Å². The van der Waals surface area contributed by atoms with Crippen molar-refractivity contribution in [1.82, 2.24) is 0 Å². The molecule has 0 spiro atoms. The fraction of sp³-hybridized carbons (Fsp3) is 0. The third kappa shape index (κ3) is 8.47. The van der Waals surface area contributed by atoms with E-state index in [0.29, 0.717) is 17.1 Å². The van der Waals surface area contributed by atoms with Crippen LogP contribution in [0.2, 0.25) is 0 Å². The first-order valence-corrected chi connectivity index (χ1v) is 14.7. The van der Waals surface area contributed by atoms with Crippen LogP contribution < -0.4 is 16.4 Å². The lowest BCUT2D eigenvalue weighted by Crippen LogP contribution is -2.16. The van der Waals surface area contributed by atoms with E-state index in [2.05, 4.69) is 66.2 Å². The summed E-state index contributed by atoms with van der Waals surface area (Å²) >= 11 is 6.83. The summed E-state index contributed by atoms with van der Waals surface area (Å²) in [6, 6.07) is 34.5. The van der Waals surface area contributed by atoms with Gasteiger partial charge in [0.15, 0.2) is 0 Å². The van der Waals surface area contributed by atoms with Crippen molar-refractivity contribution in [3.8, 4) is 23.7 Å². The number of hydrogen-bond acceptors (Lipinski definition) is 3. The van der Waals surface area contributed by atoms with E-state index in [4.69, 9.17) is 5.73 Å². The fourth-order valence-corrected chi connectivity index (χ4v) is 4.48. The molecule has 0 fully saturated rings. The van der Waals surface area contributed by atoms with Crippen LogP contribution >= 0.6 is 31.9 Å². The number of nitrogen functional groups attached to an aromatic ring is 1. The van der Waals surface area contributed by atoms with Crippen molar-refractivity contribution < 1.29 is 9.59 Å². The molecule has 0 heterocycles. The van der Waals surface area contributed by atoms with Gasteiger partial charge in [-0.1, -0.05) is 55.5 Å². The summed E-state index contributed by atoms with van der Waals surface area (Å²) in [4.78, 5) is 26.0. The average Bonchev–Trinajstić information content (AvgIpc) is 3.01. The largest absolute Gasteiger partial charge is 0.399 e. The Morgan fingerprint density at radius 3 is 1.12 bits per heavy atom. The maximum Gasteiger partial charge on any atom is 0.255 e. The summed E-state index contributed by atoms with van der Waals surface area (Å²) in [5.41, 5.74) is 11.5. The Morgan fingerprint density at radius 2 is 0.791 bits per heavy atom. The van der Waals surface area contributed by atoms with Crippen LogP contribution in [0.4, 0.5) is 17.1 Å². The van der Waals surface area contributed by atoms with Crippen LogP contribution in [-0.4, -0.2) is 11.8 Å². The SMILES string of the molecule is Nc1cc(C(=O)Nc2ccc(C#Cc3ccc(Br)cc3)cc2)cc(C(=O)Nc2ccc(C#Cc3ccc(Br)cc3)cc2)c1. The van der Waals surface area contributed by atoms with Crippen molar-refractivity contribution in [2.45, 2.75) is 0 Å². The van der Waals surface area contributed by atoms with E-state index < -0.39 is 0 Å². The minimum absolute atomic E-state index is 0.267. The second-order valence-electron chi connectivity index (χ2n) is 9.42. The molecule has 0 atom stereocenters. The first-order valence-electron chi connectivity index (χ1n) is 13.1. The van der Waals surface area contributed by atoms with Crippen LogP contribution in [0.5, 0.6) is 0 Å². The van der Waals surface area contributed by atoms with Crippen molar-refractivity contribution >= 4 is 60.7 Å². The zero-order valence-corrected chi connectivity index (χ0v) is 25.8. The lowest BCUT2D eigenvalue weighted by Gasteiger charge is -2.10. The van der Waals surface area contributed by atoms with Crippen LogP contribution in [0.25, 0.3) is 0 Å². The van der Waals surface area contributed by atoms with Crippen LogP contribution in [0.15, 0.2) is 124 Å². The molecule has 5 rings (SSSR count). The van der Waals surface area contributed by atoms with Gasteiger partial charge in [0.2, 0.25) is 0 Å². The average molecular weight is 689 g/mol. The van der Waals surface area contributed by atoms with Crippen molar-refractivity contribution in [3.05, 3.63) is 158 Å². The molecule has 4 N–H and O–H groups in total. The summed E-state index contributed by atoms with van der Waals surface area (Å²) in [5, 5.41) is 5.69. The number of nitrogens with one attached hydrogen (secondary N) is 2. The predicted molar refractivity (Wildman–Crippen MR) is 180 cm³/mol. The van der Waals surface area contributed by atoms with Crippen LogP contribution in [0.3, 0.4) is 0 Å². The molecule has 0 radical (unpaired) electrons. The maximum absolute atomic E-state index is 13.0. The van der Waals surface area contributed by atoms with Gasteiger partial charge in [0, 0.05) is 59.4 Å². The Kier molecular flexibility index (Phi) is 9.39. The van der Waals surface area contributed by atoms with Crippen molar-refractivity contribution in [1.29, 1.82) is 0 Å². The number of nitrogens with two attached hydrogens (primary N) is 1. The van der Waals surface area contributed by atoms with Crippen LogP contribution in [0.1, 0.15) is 43.0 Å². The fourth-order valence-electron chi connectivity index (χ4n) is 3.95. The monoisotopic (exact) mass is 687 g/mol. The van der Waals surface area contributed by atoms with E-state index in [1.54, 1.807) is 24.3 Å². The molecular weight excluding hydrogens is 666 g/mol. The molecular formula is C36H23Br2N3O2. The van der Waals surface area contributed by atoms with Crippen molar-refractivity contribution in [2.75, 3.05) is 16.4 Å². The van der Waals surface area contributed by atoms with Gasteiger partial charge in [0.1, 0.15) is 0 Å². The molecule has 2 amide bonds. The molecule has 0 aliphatic rings. The lowest BCUT2D eigenvalue weighted by atomic mass is 10.1. The highest BCUT2D eigenvalue weighted by Crippen LogP contribution is 2.18. The van der Waals surface area contributed by atoms with E-state index in [9.17, 15) is 9.59 Å². The number of benzene rings is 5. The molecule has 0 saturated heterocycles. The Balaban J connectivity index is 1.21. The van der Waals surface area contributed by atoms with Crippen molar-refractivity contribution in [3.63, 3.8) is 0 Å². The molecule has 5 aromatic carbocycles. The first-order chi connectivity index (χ1) is 20.8. The van der Waals surface area contributed by atoms with Gasteiger partial charge in [0.25, 0.3) is 11.8 Å². The quantitative estimate of drug-likeness (QED) is 0.132. The van der Waals surface area contributed by atoms with E-state index in [1.165, 1.54) is 18.2 Å². The normalized spacial score (nSPS) is 10.0. The number of amides is 2. The molecule has 43 heavy (non-hydrogen) atoms. The second kappa shape index (κ2) is 13.7. The number of carbonyl (C=O) groups excluding carboxylic acids is 2. The van der Waals surface area contributed by atoms with Gasteiger partial charge in [-0.25, -0.2) is 0 Å². The van der Waals surface area contributed by atoms with E-state index in [1.807, 2.05) is 72.8 Å². The topological polar surface area (TPSA) is 84.2 Å². The number of halogens is 2. The number of carbonyl (C=O) groups is 2. The minimum atomic E-state index is -0.385. The molecule has 0 aliphatic carbocycles. The highest BCUT2D eigenvalue weighted by Gasteiger charge is 2.13. The lowest BCUT2D eigenvalue weighted by molar-refractivity contribution is 0.102. The molecule has 5 nitrogen and oxygen atoms in total. The summed E-state index contributed by atoms with van der Waals surface area (Å²) in [7, 11) is 0. The molecule has 0 unspecified atom stereocenters. The van der Waals surface area contributed by atoms with E-state index >= 15 is 0 Å². The minimum Gasteiger partial charge on any atom is -0.399 e. The van der Waals surface area contributed by atoms with Gasteiger partial charge in [-0.2, -0.15) is 0 Å². The molecule has 0 saturated carbocycles. The van der Waals surface area contributed by atoms with Crippen molar-refractivity contribution in [2.24, 2.45) is 0 Å². The predicted octanol–water partition coefficient (Wildman–Crippen LogP) is 8.10. The summed E-state index contributed by atoms with van der Waals surface area (Å²) in [5.74, 6) is 11.7. The van der Waals surface area contributed by atoms with E-state index in [-0.39, 0.29) is 22.9 Å². The van der Waals surface area contributed by atoms with Gasteiger partial charge in [0.05, 0.1) is 0 Å². The Hall–Kier alpha value is -5.08. The molecule has 0 bridgehead atoms. The Labute approximate surface area is 266 Å². The second-order valence-corrected chi connectivity index (χ2v) is 11.3. The van der Waals surface area contributed by atoms with Crippen LogP contribution in [0, 0.1) is 23.7 Å². The smallest absolute Gasteiger partial charge is 0.255 e. The molecule has 0 aliphatic heterocycles. The third-order valence-corrected chi connectivity index (χ3v) is 7.21. The third-order valence-electron chi connectivity index (χ3n) is 6.16. The Bertz CT molecular complexity index is 1770. The number of hydrogen-bond donors (Lipinski definition) is 3. The zero-order chi connectivity index (χ0) is 30.2. The molecule has 0 aromatic heterocycles. The summed E-state index contributed by atoms with van der Waals surface area (Å²) < 4.78 is 1.99. The van der Waals surface area contributed by atoms with Gasteiger partial charge in [-0.05, 0) is 115 Å². The number of rotatable bonds is 4. The summed E-state index contributed by atoms with van der Waals surface area (Å²) in [6.45, 7) is 0.